The van der Waals surface area contributed by atoms with E-state index in [0.29, 0.717) is 0 Å². The average molecular weight is 220 g/mol. The van der Waals surface area contributed by atoms with Crippen LogP contribution in [0.25, 0.3) is 0 Å². The maximum absolute atomic E-state index is 3.75. The summed E-state index contributed by atoms with van der Waals surface area (Å²) in [6.45, 7) is 6.05. The Hall–Kier alpha value is -0.520. The number of hydrogen-bond acceptors (Lipinski definition) is 0. The monoisotopic (exact) mass is 220 g/mol. The molecule has 92 valence electrons. The van der Waals surface area contributed by atoms with Gasteiger partial charge in [-0.1, -0.05) is 49.8 Å². The lowest BCUT2D eigenvalue weighted by Crippen LogP contribution is -2.03. The number of allylic oxidation sites excluding steroid dienone is 3. The third kappa shape index (κ3) is 5.01. The largest absolute Gasteiger partial charge is 0.103 e. The van der Waals surface area contributed by atoms with Crippen molar-refractivity contribution in [3.63, 3.8) is 0 Å². The molecule has 1 aliphatic rings. The minimum absolute atomic E-state index is 1.20. The molecule has 0 unspecified atom stereocenters. The molecule has 0 nitrogen and oxygen atoms in total. The summed E-state index contributed by atoms with van der Waals surface area (Å²) in [5, 5.41) is 0. The fourth-order valence-electron chi connectivity index (χ4n) is 2.54. The molecule has 0 fully saturated rings. The van der Waals surface area contributed by atoms with E-state index in [0.717, 1.165) is 0 Å². The molecule has 1 aliphatic carbocycles. The summed E-state index contributed by atoms with van der Waals surface area (Å²) in [6.07, 6.45) is 17.2. The Bertz CT molecular complexity index is 222. The van der Waals surface area contributed by atoms with Crippen molar-refractivity contribution >= 4 is 0 Å². The lowest BCUT2D eigenvalue weighted by atomic mass is 9.83. The van der Waals surface area contributed by atoms with Gasteiger partial charge in [-0.25, -0.2) is 0 Å². The van der Waals surface area contributed by atoms with Crippen molar-refractivity contribution in [2.24, 2.45) is 0 Å². The van der Waals surface area contributed by atoms with E-state index in [1.54, 1.807) is 11.1 Å². The summed E-state index contributed by atoms with van der Waals surface area (Å²) < 4.78 is 0. The van der Waals surface area contributed by atoms with Crippen LogP contribution in [-0.2, 0) is 0 Å². The fraction of sp³-hybridized carbons (Fsp3) is 0.750. The van der Waals surface area contributed by atoms with Crippen LogP contribution in [0.1, 0.15) is 77.6 Å². The van der Waals surface area contributed by atoms with Crippen molar-refractivity contribution in [1.82, 2.24) is 0 Å². The smallest absolute Gasteiger partial charge is 0.0280 e. The van der Waals surface area contributed by atoms with Gasteiger partial charge in [-0.15, -0.1) is 6.58 Å². The number of unbranched alkanes of at least 4 members (excludes halogenated alkanes) is 6. The molecule has 0 aliphatic heterocycles. The van der Waals surface area contributed by atoms with Crippen molar-refractivity contribution in [2.75, 3.05) is 0 Å². The molecule has 0 atom stereocenters. The second kappa shape index (κ2) is 8.61. The SMILES string of the molecule is C=CCCCCCCCCC1=C(CC)CC1. The molecule has 0 heterocycles. The molecule has 0 aromatic heterocycles. The molecule has 0 saturated carbocycles. The Morgan fingerprint density at radius 3 is 2.12 bits per heavy atom. The first kappa shape index (κ1) is 13.5. The highest BCUT2D eigenvalue weighted by Gasteiger charge is 2.13. The maximum atomic E-state index is 3.75. The molecule has 0 amide bonds. The van der Waals surface area contributed by atoms with Gasteiger partial charge in [0.2, 0.25) is 0 Å². The van der Waals surface area contributed by atoms with Crippen LogP contribution in [0.2, 0.25) is 0 Å². The number of rotatable bonds is 10. The molecule has 0 radical (unpaired) electrons. The van der Waals surface area contributed by atoms with Gasteiger partial charge in [-0.3, -0.25) is 0 Å². The lowest BCUT2D eigenvalue weighted by Gasteiger charge is -2.23. The van der Waals surface area contributed by atoms with Crippen LogP contribution >= 0.6 is 0 Å². The average Bonchev–Trinajstić information content (AvgIpc) is 2.26. The summed E-state index contributed by atoms with van der Waals surface area (Å²) in [4.78, 5) is 0. The van der Waals surface area contributed by atoms with Gasteiger partial charge in [-0.2, -0.15) is 0 Å². The predicted octanol–water partition coefficient (Wildman–Crippen LogP) is 5.79. The van der Waals surface area contributed by atoms with Crippen LogP contribution in [0, 0.1) is 0 Å². The van der Waals surface area contributed by atoms with Gasteiger partial charge < -0.3 is 0 Å². The van der Waals surface area contributed by atoms with Gasteiger partial charge in [-0.05, 0) is 44.9 Å². The zero-order chi connectivity index (χ0) is 11.6. The first-order valence-electron chi connectivity index (χ1n) is 7.19. The highest BCUT2D eigenvalue weighted by molar-refractivity contribution is 5.23. The van der Waals surface area contributed by atoms with Crippen LogP contribution < -0.4 is 0 Å². The Morgan fingerprint density at radius 1 is 0.938 bits per heavy atom. The minimum Gasteiger partial charge on any atom is -0.103 e. The van der Waals surface area contributed by atoms with E-state index in [4.69, 9.17) is 0 Å². The molecule has 0 spiro atoms. The molecule has 0 heteroatoms. The normalized spacial score (nSPS) is 15.1. The predicted molar refractivity (Wildman–Crippen MR) is 73.7 cm³/mol. The highest BCUT2D eigenvalue weighted by Crippen LogP contribution is 2.33. The van der Waals surface area contributed by atoms with E-state index in [1.165, 1.54) is 70.6 Å². The van der Waals surface area contributed by atoms with Crippen molar-refractivity contribution in [3.8, 4) is 0 Å². The van der Waals surface area contributed by atoms with E-state index in [2.05, 4.69) is 13.5 Å². The fourth-order valence-corrected chi connectivity index (χ4v) is 2.54. The van der Waals surface area contributed by atoms with Gasteiger partial charge in [0.15, 0.2) is 0 Å². The minimum atomic E-state index is 1.20. The zero-order valence-electron chi connectivity index (χ0n) is 11.1. The standard InChI is InChI=1S/C16H28/c1-3-5-6-7-8-9-10-11-12-16-14-13-15(16)4-2/h3H,1,4-14H2,2H3. The van der Waals surface area contributed by atoms with E-state index in [1.807, 2.05) is 6.08 Å². The highest BCUT2D eigenvalue weighted by atomic mass is 14.2. The van der Waals surface area contributed by atoms with E-state index >= 15 is 0 Å². The molecule has 16 heavy (non-hydrogen) atoms. The van der Waals surface area contributed by atoms with Gasteiger partial charge in [0.1, 0.15) is 0 Å². The topological polar surface area (TPSA) is 0 Å². The molecular weight excluding hydrogens is 192 g/mol. The maximum Gasteiger partial charge on any atom is -0.0280 e. The third-order valence-corrected chi connectivity index (χ3v) is 3.79. The van der Waals surface area contributed by atoms with Gasteiger partial charge >= 0.3 is 0 Å². The molecule has 1 rings (SSSR count). The lowest BCUT2D eigenvalue weighted by molar-refractivity contribution is 0.580. The summed E-state index contributed by atoms with van der Waals surface area (Å²) in [5.41, 5.74) is 3.57. The molecule has 0 bridgehead atoms. The second-order valence-electron chi connectivity index (χ2n) is 5.01. The van der Waals surface area contributed by atoms with Gasteiger partial charge in [0, 0.05) is 0 Å². The third-order valence-electron chi connectivity index (χ3n) is 3.79. The molecule has 0 saturated heterocycles. The van der Waals surface area contributed by atoms with Gasteiger partial charge in [0.25, 0.3) is 0 Å². The Morgan fingerprint density at radius 2 is 1.56 bits per heavy atom. The van der Waals surface area contributed by atoms with Crippen LogP contribution in [-0.4, -0.2) is 0 Å². The summed E-state index contributed by atoms with van der Waals surface area (Å²) in [6, 6.07) is 0. The van der Waals surface area contributed by atoms with Crippen LogP contribution in [0.3, 0.4) is 0 Å². The van der Waals surface area contributed by atoms with Crippen molar-refractivity contribution in [3.05, 3.63) is 23.8 Å². The molecule has 0 aromatic carbocycles. The Kier molecular flexibility index (Phi) is 7.29. The quantitative estimate of drug-likeness (QED) is 0.323. The summed E-state index contributed by atoms with van der Waals surface area (Å²) in [7, 11) is 0. The van der Waals surface area contributed by atoms with Crippen LogP contribution in [0.5, 0.6) is 0 Å². The van der Waals surface area contributed by atoms with Crippen LogP contribution in [0.4, 0.5) is 0 Å². The molecule has 0 aromatic rings. The molecule has 0 N–H and O–H groups in total. The van der Waals surface area contributed by atoms with E-state index < -0.39 is 0 Å². The van der Waals surface area contributed by atoms with Crippen LogP contribution in [0.15, 0.2) is 23.8 Å². The van der Waals surface area contributed by atoms with Crippen molar-refractivity contribution in [1.29, 1.82) is 0 Å². The Balaban J connectivity index is 1.87. The van der Waals surface area contributed by atoms with Crippen molar-refractivity contribution < 1.29 is 0 Å². The zero-order valence-corrected chi connectivity index (χ0v) is 11.1. The Labute approximate surface area is 102 Å². The summed E-state index contributed by atoms with van der Waals surface area (Å²) >= 11 is 0. The molecular formula is C16H28. The first-order valence-corrected chi connectivity index (χ1v) is 7.19. The van der Waals surface area contributed by atoms with E-state index in [9.17, 15) is 0 Å². The second-order valence-corrected chi connectivity index (χ2v) is 5.01. The first-order chi connectivity index (χ1) is 7.88. The number of hydrogen-bond donors (Lipinski definition) is 0. The summed E-state index contributed by atoms with van der Waals surface area (Å²) in [5.74, 6) is 0. The van der Waals surface area contributed by atoms with Crippen molar-refractivity contribution in [2.45, 2.75) is 77.6 Å². The van der Waals surface area contributed by atoms with E-state index in [-0.39, 0.29) is 0 Å². The van der Waals surface area contributed by atoms with Gasteiger partial charge in [0.05, 0.1) is 0 Å².